The molecule has 0 saturated heterocycles. The summed E-state index contributed by atoms with van der Waals surface area (Å²) in [5, 5.41) is 4.27. The summed E-state index contributed by atoms with van der Waals surface area (Å²) >= 11 is 1.67. The van der Waals surface area contributed by atoms with Gasteiger partial charge in [-0.25, -0.2) is 0 Å². The molecule has 0 bridgehead atoms. The number of carbonyl (C=O) groups excluding carboxylic acids is 1. The van der Waals surface area contributed by atoms with E-state index in [1.54, 1.807) is 17.4 Å². The Hall–Kier alpha value is -1.73. The van der Waals surface area contributed by atoms with Crippen LogP contribution >= 0.6 is 11.3 Å². The molecular weight excluding hydrogens is 286 g/mol. The number of carbonyl (C=O) groups is 1. The number of fused-ring (bicyclic) bond motifs is 3. The highest BCUT2D eigenvalue weighted by Crippen LogP contribution is 2.41. The molecule has 1 aliphatic heterocycles. The Kier molecular flexibility index (Phi) is 4.03. The first-order valence-corrected chi connectivity index (χ1v) is 7.56. The summed E-state index contributed by atoms with van der Waals surface area (Å²) < 4.78 is 1.15. The van der Waals surface area contributed by atoms with Gasteiger partial charge in [-0.15, -0.1) is 17.9 Å². The van der Waals surface area contributed by atoms with Gasteiger partial charge in [0.15, 0.2) is 0 Å². The highest BCUT2D eigenvalue weighted by atomic mass is 32.1. The summed E-state index contributed by atoms with van der Waals surface area (Å²) in [6, 6.07) is 7.58. The number of benzene rings is 1. The average Bonchev–Trinajstić information content (AvgIpc) is 2.87. The maximum absolute atomic E-state index is 11.7. The molecule has 0 radical (unpaired) electrons. The second-order valence-electron chi connectivity index (χ2n) is 4.89. The van der Waals surface area contributed by atoms with Crippen molar-refractivity contribution in [3.63, 3.8) is 0 Å². The van der Waals surface area contributed by atoms with Gasteiger partial charge in [0, 0.05) is 21.7 Å². The van der Waals surface area contributed by atoms with Crippen molar-refractivity contribution >= 4 is 27.3 Å². The molecule has 0 aliphatic carbocycles. The molecule has 1 amide bonds. The van der Waals surface area contributed by atoms with Crippen LogP contribution < -0.4 is 16.5 Å². The number of hydrogen-bond acceptors (Lipinski definition) is 5. The van der Waals surface area contributed by atoms with Gasteiger partial charge < -0.3 is 11.1 Å². The summed E-state index contributed by atoms with van der Waals surface area (Å²) in [5.74, 6) is -0.356. The summed E-state index contributed by atoms with van der Waals surface area (Å²) in [4.78, 5) is 18.2. The molecular formula is C15H17N3O2S. The number of rotatable bonds is 5. The van der Waals surface area contributed by atoms with Crippen LogP contribution in [0.15, 0.2) is 36.9 Å². The van der Waals surface area contributed by atoms with Gasteiger partial charge >= 0.3 is 0 Å². The Morgan fingerprint density at radius 2 is 2.38 bits per heavy atom. The van der Waals surface area contributed by atoms with Crippen LogP contribution in [0.1, 0.15) is 22.5 Å². The molecule has 2 heterocycles. The second-order valence-corrected chi connectivity index (χ2v) is 5.97. The summed E-state index contributed by atoms with van der Waals surface area (Å²) in [5.41, 5.74) is 9.53. The van der Waals surface area contributed by atoms with Crippen molar-refractivity contribution in [2.45, 2.75) is 12.1 Å². The quantitative estimate of drug-likeness (QED) is 0.447. The first-order chi connectivity index (χ1) is 10.2. The van der Waals surface area contributed by atoms with E-state index < -0.39 is 6.04 Å². The largest absolute Gasteiger partial charge is 0.368 e. The van der Waals surface area contributed by atoms with Crippen molar-refractivity contribution < 1.29 is 9.63 Å². The Labute approximate surface area is 126 Å². The van der Waals surface area contributed by atoms with Crippen molar-refractivity contribution in [1.82, 2.24) is 10.8 Å². The zero-order valence-electron chi connectivity index (χ0n) is 11.5. The standard InChI is InChI=1S/C15H17N3O2S/c1-2-7-20-18-10-8-17-13(15(16)19)12-9-5-3-4-6-11(9)21-14(10)12/h2-6,10,13,17-18H,1,7-8H2,(H2,16,19). The predicted molar refractivity (Wildman–Crippen MR) is 83.8 cm³/mol. The Balaban J connectivity index is 2.03. The minimum Gasteiger partial charge on any atom is -0.368 e. The molecule has 6 heteroatoms. The summed E-state index contributed by atoms with van der Waals surface area (Å²) in [6.45, 7) is 4.63. The van der Waals surface area contributed by atoms with Gasteiger partial charge in [-0.05, 0) is 11.5 Å². The van der Waals surface area contributed by atoms with Crippen molar-refractivity contribution in [2.75, 3.05) is 13.2 Å². The van der Waals surface area contributed by atoms with Crippen LogP contribution in [-0.2, 0) is 9.63 Å². The van der Waals surface area contributed by atoms with E-state index in [1.165, 1.54) is 0 Å². The van der Waals surface area contributed by atoms with Crippen LogP contribution in [0.2, 0.25) is 0 Å². The zero-order valence-corrected chi connectivity index (χ0v) is 12.3. The number of hydroxylamine groups is 1. The van der Waals surface area contributed by atoms with Crippen LogP contribution in [0.25, 0.3) is 10.1 Å². The van der Waals surface area contributed by atoms with Crippen LogP contribution in [0.3, 0.4) is 0 Å². The van der Waals surface area contributed by atoms with E-state index >= 15 is 0 Å². The maximum Gasteiger partial charge on any atom is 0.239 e. The van der Waals surface area contributed by atoms with Crippen LogP contribution in [0, 0.1) is 0 Å². The molecule has 2 atom stereocenters. The first-order valence-electron chi connectivity index (χ1n) is 6.74. The number of primary amides is 1. The number of amides is 1. The molecule has 2 aromatic rings. The van der Waals surface area contributed by atoms with Crippen LogP contribution in [-0.4, -0.2) is 19.1 Å². The molecule has 3 rings (SSSR count). The van der Waals surface area contributed by atoms with E-state index in [0.29, 0.717) is 13.2 Å². The van der Waals surface area contributed by atoms with E-state index in [1.807, 2.05) is 18.2 Å². The van der Waals surface area contributed by atoms with E-state index in [2.05, 4.69) is 23.4 Å². The molecule has 5 nitrogen and oxygen atoms in total. The van der Waals surface area contributed by atoms with E-state index in [9.17, 15) is 4.79 Å². The molecule has 110 valence electrons. The minimum atomic E-state index is -0.450. The second kappa shape index (κ2) is 5.95. The smallest absolute Gasteiger partial charge is 0.239 e. The van der Waals surface area contributed by atoms with E-state index in [4.69, 9.17) is 10.6 Å². The third-order valence-corrected chi connectivity index (χ3v) is 4.81. The van der Waals surface area contributed by atoms with Crippen LogP contribution in [0.4, 0.5) is 0 Å². The van der Waals surface area contributed by atoms with Gasteiger partial charge in [0.2, 0.25) is 5.91 Å². The molecule has 0 spiro atoms. The first kappa shape index (κ1) is 14.2. The third-order valence-electron chi connectivity index (χ3n) is 3.51. The fourth-order valence-electron chi connectivity index (χ4n) is 2.62. The number of nitrogens with two attached hydrogens (primary N) is 1. The van der Waals surface area contributed by atoms with Crippen molar-refractivity contribution in [3.05, 3.63) is 47.4 Å². The van der Waals surface area contributed by atoms with Gasteiger partial charge in [-0.1, -0.05) is 24.3 Å². The normalized spacial score (nSPS) is 21.1. The summed E-state index contributed by atoms with van der Waals surface area (Å²) in [6.07, 6.45) is 1.68. The van der Waals surface area contributed by atoms with Crippen molar-refractivity contribution in [2.24, 2.45) is 5.73 Å². The Morgan fingerprint density at radius 1 is 1.57 bits per heavy atom. The predicted octanol–water partition coefficient (Wildman–Crippen LogP) is 1.78. The highest BCUT2D eigenvalue weighted by Gasteiger charge is 2.33. The van der Waals surface area contributed by atoms with E-state index in [0.717, 1.165) is 20.5 Å². The van der Waals surface area contributed by atoms with Crippen LogP contribution in [0.5, 0.6) is 0 Å². The number of hydrogen-bond donors (Lipinski definition) is 3. The maximum atomic E-state index is 11.7. The molecule has 4 N–H and O–H groups in total. The van der Waals surface area contributed by atoms with Crippen molar-refractivity contribution in [3.8, 4) is 0 Å². The lowest BCUT2D eigenvalue weighted by Gasteiger charge is -2.29. The van der Waals surface area contributed by atoms with Gasteiger partial charge in [-0.3, -0.25) is 9.63 Å². The monoisotopic (exact) mass is 303 g/mol. The average molecular weight is 303 g/mol. The number of nitrogens with one attached hydrogen (secondary N) is 2. The van der Waals surface area contributed by atoms with E-state index in [-0.39, 0.29) is 11.9 Å². The lowest BCUT2D eigenvalue weighted by atomic mass is 9.95. The fourth-order valence-corrected chi connectivity index (χ4v) is 3.90. The minimum absolute atomic E-state index is 0.00653. The zero-order chi connectivity index (χ0) is 14.8. The summed E-state index contributed by atoms with van der Waals surface area (Å²) in [7, 11) is 0. The van der Waals surface area contributed by atoms with Gasteiger partial charge in [-0.2, -0.15) is 5.48 Å². The SMILES string of the molecule is C=CCONC1CNC(C(N)=O)c2c1sc1ccccc21. The Bertz CT molecular complexity index is 683. The van der Waals surface area contributed by atoms with Gasteiger partial charge in [0.1, 0.15) is 6.04 Å². The fraction of sp³-hybridized carbons (Fsp3) is 0.267. The molecule has 1 aromatic carbocycles. The molecule has 1 aromatic heterocycles. The van der Waals surface area contributed by atoms with Gasteiger partial charge in [0.05, 0.1) is 12.6 Å². The molecule has 0 saturated carbocycles. The Morgan fingerprint density at radius 3 is 3.14 bits per heavy atom. The molecule has 2 unspecified atom stereocenters. The van der Waals surface area contributed by atoms with Crippen molar-refractivity contribution in [1.29, 1.82) is 0 Å². The topological polar surface area (TPSA) is 76.4 Å². The highest BCUT2D eigenvalue weighted by molar-refractivity contribution is 7.19. The lowest BCUT2D eigenvalue weighted by Crippen LogP contribution is -2.43. The molecule has 1 aliphatic rings. The molecule has 0 fully saturated rings. The van der Waals surface area contributed by atoms with Gasteiger partial charge in [0.25, 0.3) is 0 Å². The third kappa shape index (κ3) is 2.58. The lowest BCUT2D eigenvalue weighted by molar-refractivity contribution is -0.120. The molecule has 21 heavy (non-hydrogen) atoms. The number of thiophene rings is 1.